The summed E-state index contributed by atoms with van der Waals surface area (Å²) in [4.78, 5) is 18.2. The summed E-state index contributed by atoms with van der Waals surface area (Å²) in [6.45, 7) is 3.44. The lowest BCUT2D eigenvalue weighted by atomic mass is 9.84. The molecule has 2 N–H and O–H groups in total. The molecule has 0 aromatic carbocycles. The predicted octanol–water partition coefficient (Wildman–Crippen LogP) is 1.18. The van der Waals surface area contributed by atoms with E-state index in [-0.39, 0.29) is 17.9 Å². The highest BCUT2D eigenvalue weighted by molar-refractivity contribution is 6.29. The summed E-state index contributed by atoms with van der Waals surface area (Å²) in [7, 11) is 1.93. The molecule has 2 aliphatic heterocycles. The molecule has 0 aliphatic carbocycles. The summed E-state index contributed by atoms with van der Waals surface area (Å²) in [5.74, 6) is 1.09. The van der Waals surface area contributed by atoms with Gasteiger partial charge in [-0.2, -0.15) is 0 Å². The molecule has 1 aromatic rings. The van der Waals surface area contributed by atoms with E-state index in [2.05, 4.69) is 9.88 Å². The molecule has 0 radical (unpaired) electrons. The first-order valence-electron chi connectivity index (χ1n) is 7.85. The minimum Gasteiger partial charge on any atom is -0.377 e. The molecule has 2 aliphatic rings. The van der Waals surface area contributed by atoms with Crippen molar-refractivity contribution in [1.29, 1.82) is 0 Å². The Labute approximate surface area is 135 Å². The number of nitrogens with two attached hydrogens (primary N) is 1. The van der Waals surface area contributed by atoms with Crippen molar-refractivity contribution in [2.45, 2.75) is 31.9 Å². The smallest absolute Gasteiger partial charge is 0.223 e. The van der Waals surface area contributed by atoms with Gasteiger partial charge in [-0.05, 0) is 38.3 Å². The Hall–Kier alpha value is -1.11. The molecular weight excluding hydrogens is 304 g/mol. The lowest BCUT2D eigenvalue weighted by molar-refractivity contribution is -0.124. The average Bonchev–Trinajstić information content (AvgIpc) is 3.11. The number of rotatable bonds is 4. The number of ether oxygens (including phenoxy) is 1. The standard InChI is InChI=1S/C15H23ClN4O2/c1-19-12(16)8-18-13(19)9-20-5-2-10(3-6-20)14-11(15(17)21)4-7-22-14/h8,10-11,14H,2-7,9H2,1H3,(H2,17,21)/t11-,14+/m0/s1. The summed E-state index contributed by atoms with van der Waals surface area (Å²) < 4.78 is 7.70. The first-order valence-corrected chi connectivity index (χ1v) is 8.23. The van der Waals surface area contributed by atoms with Crippen molar-refractivity contribution in [2.75, 3.05) is 19.7 Å². The molecular formula is C15H23ClN4O2. The molecule has 3 heterocycles. The van der Waals surface area contributed by atoms with Gasteiger partial charge in [-0.1, -0.05) is 11.6 Å². The van der Waals surface area contributed by atoms with Gasteiger partial charge in [-0.15, -0.1) is 0 Å². The van der Waals surface area contributed by atoms with Crippen molar-refractivity contribution in [2.24, 2.45) is 24.6 Å². The Morgan fingerprint density at radius 2 is 2.18 bits per heavy atom. The number of aromatic nitrogens is 2. The Balaban J connectivity index is 1.54. The van der Waals surface area contributed by atoms with E-state index in [0.717, 1.165) is 44.7 Å². The Morgan fingerprint density at radius 1 is 1.45 bits per heavy atom. The van der Waals surface area contributed by atoms with Crippen LogP contribution >= 0.6 is 11.6 Å². The SMILES string of the molecule is Cn1c(Cl)cnc1CN1CCC([C@H]2OCC[C@@H]2C(N)=O)CC1. The second kappa shape index (κ2) is 6.56. The van der Waals surface area contributed by atoms with Gasteiger partial charge < -0.3 is 15.0 Å². The number of nitrogens with zero attached hydrogens (tertiary/aromatic N) is 3. The van der Waals surface area contributed by atoms with Crippen LogP contribution in [0.1, 0.15) is 25.1 Å². The van der Waals surface area contributed by atoms with Crippen LogP contribution in [-0.4, -0.2) is 46.2 Å². The zero-order valence-electron chi connectivity index (χ0n) is 12.9. The van der Waals surface area contributed by atoms with Crippen molar-refractivity contribution in [3.63, 3.8) is 0 Å². The van der Waals surface area contributed by atoms with Crippen LogP contribution in [0.2, 0.25) is 5.15 Å². The van der Waals surface area contributed by atoms with E-state index in [1.54, 1.807) is 6.20 Å². The van der Waals surface area contributed by atoms with E-state index in [1.807, 2.05) is 11.6 Å². The van der Waals surface area contributed by atoms with E-state index in [0.29, 0.717) is 17.7 Å². The highest BCUT2D eigenvalue weighted by atomic mass is 35.5. The Morgan fingerprint density at radius 3 is 2.77 bits per heavy atom. The van der Waals surface area contributed by atoms with Crippen LogP contribution in [0, 0.1) is 11.8 Å². The van der Waals surface area contributed by atoms with E-state index in [4.69, 9.17) is 22.1 Å². The fraction of sp³-hybridized carbons (Fsp3) is 0.733. The minimum atomic E-state index is -0.215. The average molecular weight is 327 g/mol. The number of halogens is 1. The quantitative estimate of drug-likeness (QED) is 0.901. The first-order chi connectivity index (χ1) is 10.6. The van der Waals surface area contributed by atoms with Crippen molar-refractivity contribution in [1.82, 2.24) is 14.5 Å². The van der Waals surface area contributed by atoms with Crippen LogP contribution in [0.3, 0.4) is 0 Å². The molecule has 7 heteroatoms. The molecule has 0 spiro atoms. The van der Waals surface area contributed by atoms with Crippen LogP contribution < -0.4 is 5.73 Å². The molecule has 1 aromatic heterocycles. The van der Waals surface area contributed by atoms with Crippen LogP contribution in [0.15, 0.2) is 6.20 Å². The van der Waals surface area contributed by atoms with Crippen LogP contribution in [-0.2, 0) is 23.1 Å². The molecule has 2 atom stereocenters. The molecule has 22 heavy (non-hydrogen) atoms. The molecule has 0 unspecified atom stereocenters. The third-order valence-electron chi connectivity index (χ3n) is 4.99. The largest absolute Gasteiger partial charge is 0.377 e. The van der Waals surface area contributed by atoms with Gasteiger partial charge in [-0.25, -0.2) is 4.98 Å². The highest BCUT2D eigenvalue weighted by Crippen LogP contribution is 2.33. The summed E-state index contributed by atoms with van der Waals surface area (Å²) in [6.07, 6.45) is 4.54. The van der Waals surface area contributed by atoms with Gasteiger partial charge in [0.2, 0.25) is 5.91 Å². The van der Waals surface area contributed by atoms with E-state index >= 15 is 0 Å². The van der Waals surface area contributed by atoms with E-state index in [1.165, 1.54) is 0 Å². The number of hydrogen-bond donors (Lipinski definition) is 1. The maximum Gasteiger partial charge on any atom is 0.223 e. The van der Waals surface area contributed by atoms with E-state index < -0.39 is 0 Å². The monoisotopic (exact) mass is 326 g/mol. The third kappa shape index (κ3) is 3.14. The molecule has 122 valence electrons. The van der Waals surface area contributed by atoms with Gasteiger partial charge in [-0.3, -0.25) is 9.69 Å². The second-order valence-corrected chi connectivity index (χ2v) is 6.69. The van der Waals surface area contributed by atoms with Crippen LogP contribution in [0.4, 0.5) is 0 Å². The lowest BCUT2D eigenvalue weighted by Crippen LogP contribution is -2.42. The molecule has 0 bridgehead atoms. The van der Waals surface area contributed by atoms with E-state index in [9.17, 15) is 4.79 Å². The minimum absolute atomic E-state index is 0.0160. The maximum atomic E-state index is 11.5. The van der Waals surface area contributed by atoms with Gasteiger partial charge in [0.05, 0.1) is 24.8 Å². The summed E-state index contributed by atoms with van der Waals surface area (Å²) >= 11 is 6.02. The summed E-state index contributed by atoms with van der Waals surface area (Å²) in [5.41, 5.74) is 5.49. The number of likely N-dealkylation sites (tertiary alicyclic amines) is 1. The van der Waals surface area contributed by atoms with Gasteiger partial charge in [0, 0.05) is 13.7 Å². The van der Waals surface area contributed by atoms with Gasteiger partial charge in [0.15, 0.2) is 0 Å². The van der Waals surface area contributed by atoms with Crippen LogP contribution in [0.25, 0.3) is 0 Å². The Bertz CT molecular complexity index is 540. The number of piperidine rings is 1. The molecule has 2 saturated heterocycles. The topological polar surface area (TPSA) is 73.4 Å². The summed E-state index contributed by atoms with van der Waals surface area (Å²) in [5, 5.41) is 0.661. The second-order valence-electron chi connectivity index (χ2n) is 6.30. The zero-order valence-corrected chi connectivity index (χ0v) is 13.6. The van der Waals surface area contributed by atoms with Crippen LogP contribution in [0.5, 0.6) is 0 Å². The molecule has 6 nitrogen and oxygen atoms in total. The zero-order chi connectivity index (χ0) is 15.7. The van der Waals surface area contributed by atoms with Crippen molar-refractivity contribution < 1.29 is 9.53 Å². The number of amides is 1. The van der Waals surface area contributed by atoms with Crippen molar-refractivity contribution in [3.8, 4) is 0 Å². The highest BCUT2D eigenvalue weighted by Gasteiger charge is 2.39. The van der Waals surface area contributed by atoms with Crippen molar-refractivity contribution >= 4 is 17.5 Å². The molecule has 3 rings (SSSR count). The number of hydrogen-bond acceptors (Lipinski definition) is 4. The summed E-state index contributed by atoms with van der Waals surface area (Å²) in [6, 6.07) is 0. The molecule has 0 saturated carbocycles. The predicted molar refractivity (Wildman–Crippen MR) is 83.3 cm³/mol. The van der Waals surface area contributed by atoms with Gasteiger partial charge >= 0.3 is 0 Å². The fourth-order valence-electron chi connectivity index (χ4n) is 3.59. The van der Waals surface area contributed by atoms with Gasteiger partial charge in [0.25, 0.3) is 0 Å². The fourth-order valence-corrected chi connectivity index (χ4v) is 3.74. The third-order valence-corrected chi connectivity index (χ3v) is 5.34. The number of carbonyl (C=O) groups is 1. The Kier molecular flexibility index (Phi) is 4.70. The number of carbonyl (C=O) groups excluding carboxylic acids is 1. The van der Waals surface area contributed by atoms with Crippen molar-refractivity contribution in [3.05, 3.63) is 17.2 Å². The first kappa shape index (κ1) is 15.8. The molecule has 1 amide bonds. The van der Waals surface area contributed by atoms with Gasteiger partial charge in [0.1, 0.15) is 11.0 Å². The lowest BCUT2D eigenvalue weighted by Gasteiger charge is -2.35. The maximum absolute atomic E-state index is 11.5. The molecule has 2 fully saturated rings. The number of imidazole rings is 1. The number of primary amides is 1. The normalized spacial score (nSPS) is 27.4.